The van der Waals surface area contributed by atoms with Crippen molar-refractivity contribution in [2.24, 2.45) is 0 Å². The Hall–Kier alpha value is -4.94. The van der Waals surface area contributed by atoms with Crippen LogP contribution in [0.3, 0.4) is 0 Å². The lowest BCUT2D eigenvalue weighted by atomic mass is 9.87. The number of nitrogens with zero attached hydrogens (tertiary/aromatic N) is 2. The largest absolute Gasteiger partial charge is 0.488 e. The van der Waals surface area contributed by atoms with E-state index >= 15 is 0 Å². The fourth-order valence-electron chi connectivity index (χ4n) is 7.63. The van der Waals surface area contributed by atoms with E-state index in [1.165, 1.54) is 9.80 Å². The van der Waals surface area contributed by atoms with E-state index in [4.69, 9.17) is 23.7 Å². The Balaban J connectivity index is 1.10. The van der Waals surface area contributed by atoms with Crippen molar-refractivity contribution in [1.82, 2.24) is 9.80 Å². The van der Waals surface area contributed by atoms with Gasteiger partial charge in [0.1, 0.15) is 42.0 Å². The third-order valence-electron chi connectivity index (χ3n) is 10.2. The lowest BCUT2D eigenvalue weighted by Crippen LogP contribution is -2.47. The molecule has 2 fully saturated rings. The molecule has 0 spiro atoms. The molecule has 13 nitrogen and oxygen atoms in total. The Labute approximate surface area is 315 Å². The van der Waals surface area contributed by atoms with Crippen LogP contribution >= 0.6 is 0 Å². The summed E-state index contributed by atoms with van der Waals surface area (Å²) in [4.78, 5) is 81.7. The molecular formula is C41H50N2O11. The fourth-order valence-corrected chi connectivity index (χ4v) is 7.63. The van der Waals surface area contributed by atoms with Gasteiger partial charge in [-0.1, -0.05) is 0 Å². The minimum atomic E-state index is -0.845. The van der Waals surface area contributed by atoms with Crippen molar-refractivity contribution < 1.29 is 52.5 Å². The molecule has 13 heteroatoms. The Kier molecular flexibility index (Phi) is 10.6. The highest BCUT2D eigenvalue weighted by Gasteiger charge is 2.43. The molecule has 0 N–H and O–H groups in total. The average Bonchev–Trinajstić information content (AvgIpc) is 3.68. The number of amides is 2. The molecule has 0 radical (unpaired) electrons. The first-order valence-electron chi connectivity index (χ1n) is 18.7. The Bertz CT molecular complexity index is 1700. The SMILES string of the molecule is C[C@H]1CC[C@@H](C(=O)CCC(=O)c2cc3c4c(c2)OCc2cc(C(=O)COC(=O)[C@@H]5CC[C@H](C)N5C(=O)OC(C)(C)C)cc(c2-4)OC3)N1C(=O)OC(C)(C)C. The number of rotatable bonds is 9. The zero-order valence-electron chi connectivity index (χ0n) is 32.4. The molecule has 0 bridgehead atoms. The number of benzene rings is 2. The third-order valence-corrected chi connectivity index (χ3v) is 10.2. The van der Waals surface area contributed by atoms with Crippen molar-refractivity contribution in [3.8, 4) is 22.6 Å². The quantitative estimate of drug-likeness (QED) is 0.148. The predicted molar refractivity (Wildman–Crippen MR) is 196 cm³/mol. The van der Waals surface area contributed by atoms with Crippen LogP contribution in [0.2, 0.25) is 0 Å². The molecule has 0 unspecified atom stereocenters. The molecule has 6 rings (SSSR count). The zero-order chi connectivity index (χ0) is 39.3. The highest BCUT2D eigenvalue weighted by atomic mass is 16.6. The molecule has 0 saturated carbocycles. The van der Waals surface area contributed by atoms with Gasteiger partial charge in [0.25, 0.3) is 0 Å². The molecule has 54 heavy (non-hydrogen) atoms. The van der Waals surface area contributed by atoms with E-state index in [1.54, 1.807) is 65.8 Å². The zero-order valence-corrected chi connectivity index (χ0v) is 32.4. The van der Waals surface area contributed by atoms with Crippen LogP contribution in [0.1, 0.15) is 126 Å². The van der Waals surface area contributed by atoms with Gasteiger partial charge in [-0.3, -0.25) is 24.2 Å². The van der Waals surface area contributed by atoms with Gasteiger partial charge in [-0.05, 0) is 105 Å². The first kappa shape index (κ1) is 38.8. The Morgan fingerprint density at radius 1 is 0.648 bits per heavy atom. The second-order valence-corrected chi connectivity index (χ2v) is 16.7. The van der Waals surface area contributed by atoms with E-state index in [0.717, 1.165) is 16.7 Å². The topological polar surface area (TPSA) is 155 Å². The van der Waals surface area contributed by atoms with Crippen molar-refractivity contribution in [1.29, 1.82) is 0 Å². The van der Waals surface area contributed by atoms with Gasteiger partial charge in [-0.2, -0.15) is 0 Å². The molecule has 4 aliphatic rings. The monoisotopic (exact) mass is 746 g/mol. The molecule has 2 saturated heterocycles. The summed E-state index contributed by atoms with van der Waals surface area (Å²) in [6.07, 6.45) is 1.05. The summed E-state index contributed by atoms with van der Waals surface area (Å²) in [6.45, 7) is 14.1. The number of carbonyl (C=O) groups is 6. The van der Waals surface area contributed by atoms with Crippen LogP contribution in [0.25, 0.3) is 11.1 Å². The molecule has 4 aliphatic heterocycles. The standard InChI is InChI=1S/C41H50N2O11/c1-22-9-11-28(42(22)38(48)53-40(3,4)5)31(45)14-13-30(44)24-15-26-19-51-34-18-25(16-27-20-50-33(17-24)35(26)36(27)34)32(46)21-52-37(47)29-12-10-23(2)43(29)39(49)54-41(6,7)8/h15-18,22-23,28-29H,9-14,19-21H2,1-8H3/t22-,23-,28-,29-/m0/s1. The van der Waals surface area contributed by atoms with Crippen molar-refractivity contribution >= 4 is 35.5 Å². The third kappa shape index (κ3) is 8.09. The van der Waals surface area contributed by atoms with Gasteiger partial charge in [0.15, 0.2) is 24.0 Å². The van der Waals surface area contributed by atoms with Crippen LogP contribution in [0.15, 0.2) is 24.3 Å². The number of likely N-dealkylation sites (tertiary alicyclic amines) is 2. The summed E-state index contributed by atoms with van der Waals surface area (Å²) >= 11 is 0. The maximum Gasteiger partial charge on any atom is 0.411 e. The number of ketones is 3. The van der Waals surface area contributed by atoms with Crippen molar-refractivity contribution in [2.75, 3.05) is 6.61 Å². The van der Waals surface area contributed by atoms with E-state index in [0.29, 0.717) is 48.3 Å². The van der Waals surface area contributed by atoms with E-state index < -0.39 is 53.8 Å². The minimum absolute atomic E-state index is 0.0137. The molecule has 2 aromatic carbocycles. The summed E-state index contributed by atoms with van der Waals surface area (Å²) < 4.78 is 28.7. The van der Waals surface area contributed by atoms with Crippen LogP contribution < -0.4 is 9.47 Å². The average molecular weight is 747 g/mol. The Morgan fingerprint density at radius 3 is 1.61 bits per heavy atom. The summed E-state index contributed by atoms with van der Waals surface area (Å²) in [7, 11) is 0. The van der Waals surface area contributed by atoms with E-state index in [-0.39, 0.29) is 55.3 Å². The van der Waals surface area contributed by atoms with Crippen LogP contribution in [0.5, 0.6) is 11.5 Å². The van der Waals surface area contributed by atoms with Crippen molar-refractivity contribution in [3.05, 3.63) is 46.5 Å². The van der Waals surface area contributed by atoms with E-state index in [1.807, 2.05) is 13.8 Å². The van der Waals surface area contributed by atoms with Crippen LogP contribution in [0, 0.1) is 0 Å². The van der Waals surface area contributed by atoms with Crippen LogP contribution in [-0.4, -0.2) is 87.3 Å². The highest BCUT2D eigenvalue weighted by molar-refractivity contribution is 6.03. The Morgan fingerprint density at radius 2 is 1.11 bits per heavy atom. The first-order chi connectivity index (χ1) is 25.3. The van der Waals surface area contributed by atoms with E-state index in [2.05, 4.69) is 0 Å². The minimum Gasteiger partial charge on any atom is -0.488 e. The lowest BCUT2D eigenvalue weighted by Gasteiger charge is -2.31. The van der Waals surface area contributed by atoms with Gasteiger partial charge in [-0.15, -0.1) is 0 Å². The van der Waals surface area contributed by atoms with Crippen LogP contribution in [-0.2, 0) is 37.0 Å². The van der Waals surface area contributed by atoms with Gasteiger partial charge in [0.05, 0.1) is 6.04 Å². The first-order valence-corrected chi connectivity index (χ1v) is 18.7. The maximum absolute atomic E-state index is 13.4. The second kappa shape index (κ2) is 14.7. The number of hydrogen-bond donors (Lipinski definition) is 0. The number of hydrogen-bond acceptors (Lipinski definition) is 11. The van der Waals surface area contributed by atoms with Crippen molar-refractivity contribution in [3.63, 3.8) is 0 Å². The van der Waals surface area contributed by atoms with E-state index in [9.17, 15) is 28.8 Å². The van der Waals surface area contributed by atoms with Gasteiger partial charge in [0, 0.05) is 58.3 Å². The predicted octanol–water partition coefficient (Wildman–Crippen LogP) is 6.97. The number of esters is 1. The van der Waals surface area contributed by atoms with Gasteiger partial charge in [-0.25, -0.2) is 14.4 Å². The molecule has 2 aromatic rings. The van der Waals surface area contributed by atoms with Gasteiger partial charge in [0.2, 0.25) is 0 Å². The number of Topliss-reactive ketones (excluding diaryl/α,β-unsaturated/α-hetero) is 3. The molecule has 0 aliphatic carbocycles. The number of carbonyl (C=O) groups excluding carboxylic acids is 6. The molecule has 290 valence electrons. The van der Waals surface area contributed by atoms with Gasteiger partial charge >= 0.3 is 18.2 Å². The second-order valence-electron chi connectivity index (χ2n) is 16.7. The summed E-state index contributed by atoms with van der Waals surface area (Å²) in [6, 6.07) is 4.91. The number of ether oxygens (including phenoxy) is 5. The molecule has 4 heterocycles. The normalized spacial score (nSPS) is 21.4. The molecular weight excluding hydrogens is 696 g/mol. The molecule has 0 aromatic heterocycles. The lowest BCUT2D eigenvalue weighted by molar-refractivity contribution is -0.148. The summed E-state index contributed by atoms with van der Waals surface area (Å²) in [5.74, 6) is -0.518. The van der Waals surface area contributed by atoms with Crippen LogP contribution in [0.4, 0.5) is 9.59 Å². The highest BCUT2D eigenvalue weighted by Crippen LogP contribution is 2.49. The molecule has 4 atom stereocenters. The smallest absolute Gasteiger partial charge is 0.411 e. The maximum atomic E-state index is 13.4. The summed E-state index contributed by atoms with van der Waals surface area (Å²) in [5.41, 5.74) is 2.26. The summed E-state index contributed by atoms with van der Waals surface area (Å²) in [5, 5.41) is 0. The molecule has 2 amide bonds. The van der Waals surface area contributed by atoms with Gasteiger partial charge < -0.3 is 23.7 Å². The fraction of sp³-hybridized carbons (Fsp3) is 0.561. The van der Waals surface area contributed by atoms with Crippen molar-refractivity contribution in [2.45, 2.75) is 142 Å².